The fourth-order valence-electron chi connectivity index (χ4n) is 1.61. The average molecular weight is 228 g/mol. The van der Waals surface area contributed by atoms with E-state index in [1.807, 2.05) is 39.0 Å². The van der Waals surface area contributed by atoms with Gasteiger partial charge in [-0.15, -0.1) is 0 Å². The van der Waals surface area contributed by atoms with Gasteiger partial charge in [0.2, 0.25) is 0 Å². The Labute approximate surface area is 101 Å². The summed E-state index contributed by atoms with van der Waals surface area (Å²) < 4.78 is 0. The van der Waals surface area contributed by atoms with E-state index in [4.69, 9.17) is 0 Å². The van der Waals surface area contributed by atoms with E-state index < -0.39 is 0 Å². The Balaban J connectivity index is 2.44. The first-order valence-electron chi connectivity index (χ1n) is 5.71. The lowest BCUT2D eigenvalue weighted by molar-refractivity contribution is 1.06. The molecule has 0 fully saturated rings. The Morgan fingerprint density at radius 1 is 1.18 bits per heavy atom. The first-order valence-corrected chi connectivity index (χ1v) is 5.71. The molecule has 0 aliphatic carbocycles. The van der Waals surface area contributed by atoms with Crippen molar-refractivity contribution in [3.63, 3.8) is 0 Å². The molecule has 0 aliphatic rings. The Kier molecular flexibility index (Phi) is 3.32. The molecule has 88 valence electrons. The zero-order valence-corrected chi connectivity index (χ0v) is 10.4. The van der Waals surface area contributed by atoms with Crippen molar-refractivity contribution in [3.05, 3.63) is 35.7 Å². The van der Waals surface area contributed by atoms with E-state index in [1.165, 1.54) is 0 Å². The molecule has 2 aromatic rings. The second kappa shape index (κ2) is 4.91. The van der Waals surface area contributed by atoms with Crippen LogP contribution in [-0.4, -0.2) is 21.5 Å². The van der Waals surface area contributed by atoms with Crippen molar-refractivity contribution >= 4 is 5.82 Å². The second-order valence-electron chi connectivity index (χ2n) is 3.97. The SMILES string of the molecule is CCNc1cc(C)nc(-c2cc(C)ccn2)n1. The maximum absolute atomic E-state index is 4.45. The van der Waals surface area contributed by atoms with Gasteiger partial charge in [0.1, 0.15) is 11.5 Å². The van der Waals surface area contributed by atoms with Crippen LogP contribution in [0.4, 0.5) is 5.82 Å². The van der Waals surface area contributed by atoms with Crippen LogP contribution in [0.2, 0.25) is 0 Å². The summed E-state index contributed by atoms with van der Waals surface area (Å²) in [5.74, 6) is 1.52. The third-order valence-corrected chi connectivity index (χ3v) is 2.36. The molecule has 0 atom stereocenters. The topological polar surface area (TPSA) is 50.7 Å². The molecule has 0 saturated carbocycles. The van der Waals surface area contributed by atoms with Crippen molar-refractivity contribution in [2.75, 3.05) is 11.9 Å². The maximum Gasteiger partial charge on any atom is 0.180 e. The van der Waals surface area contributed by atoms with E-state index in [-0.39, 0.29) is 0 Å². The molecule has 0 aliphatic heterocycles. The van der Waals surface area contributed by atoms with Gasteiger partial charge in [-0.25, -0.2) is 9.97 Å². The Hall–Kier alpha value is -1.97. The van der Waals surface area contributed by atoms with Gasteiger partial charge in [-0.2, -0.15) is 0 Å². The zero-order valence-electron chi connectivity index (χ0n) is 10.4. The first-order chi connectivity index (χ1) is 8.19. The molecule has 0 radical (unpaired) electrons. The van der Waals surface area contributed by atoms with Gasteiger partial charge >= 0.3 is 0 Å². The summed E-state index contributed by atoms with van der Waals surface area (Å²) in [5, 5.41) is 3.19. The molecule has 0 bridgehead atoms. The highest BCUT2D eigenvalue weighted by Crippen LogP contribution is 2.16. The van der Waals surface area contributed by atoms with Crippen LogP contribution in [0.1, 0.15) is 18.2 Å². The van der Waals surface area contributed by atoms with Crippen LogP contribution in [-0.2, 0) is 0 Å². The predicted octanol–water partition coefficient (Wildman–Crippen LogP) is 2.59. The highest BCUT2D eigenvalue weighted by molar-refractivity contribution is 5.53. The van der Waals surface area contributed by atoms with Gasteiger partial charge in [-0.3, -0.25) is 4.98 Å². The summed E-state index contributed by atoms with van der Waals surface area (Å²) in [6, 6.07) is 5.89. The van der Waals surface area contributed by atoms with Gasteiger partial charge in [-0.05, 0) is 38.5 Å². The third-order valence-electron chi connectivity index (χ3n) is 2.36. The van der Waals surface area contributed by atoms with Crippen LogP contribution in [0.5, 0.6) is 0 Å². The second-order valence-corrected chi connectivity index (χ2v) is 3.97. The summed E-state index contributed by atoms with van der Waals surface area (Å²) in [6.45, 7) is 6.88. The van der Waals surface area contributed by atoms with Crippen molar-refractivity contribution in [2.24, 2.45) is 0 Å². The molecule has 17 heavy (non-hydrogen) atoms. The molecule has 0 spiro atoms. The monoisotopic (exact) mass is 228 g/mol. The average Bonchev–Trinajstić information content (AvgIpc) is 2.28. The number of nitrogens with zero attached hydrogens (tertiary/aromatic N) is 3. The Bertz CT molecular complexity index is 523. The number of aryl methyl sites for hydroxylation is 2. The maximum atomic E-state index is 4.45. The first kappa shape index (κ1) is 11.5. The summed E-state index contributed by atoms with van der Waals surface area (Å²) in [5.41, 5.74) is 2.91. The molecule has 2 heterocycles. The number of nitrogens with one attached hydrogen (secondary N) is 1. The number of aromatic nitrogens is 3. The lowest BCUT2D eigenvalue weighted by Gasteiger charge is -2.06. The summed E-state index contributed by atoms with van der Waals surface area (Å²) in [4.78, 5) is 13.2. The van der Waals surface area contributed by atoms with E-state index >= 15 is 0 Å². The van der Waals surface area contributed by atoms with Crippen molar-refractivity contribution in [2.45, 2.75) is 20.8 Å². The lowest BCUT2D eigenvalue weighted by Crippen LogP contribution is -2.03. The van der Waals surface area contributed by atoms with E-state index in [0.717, 1.165) is 29.3 Å². The lowest BCUT2D eigenvalue weighted by atomic mass is 10.2. The number of pyridine rings is 1. The zero-order chi connectivity index (χ0) is 12.3. The van der Waals surface area contributed by atoms with Gasteiger partial charge in [0.15, 0.2) is 5.82 Å². The van der Waals surface area contributed by atoms with Crippen LogP contribution in [0.3, 0.4) is 0 Å². The molecule has 0 amide bonds. The van der Waals surface area contributed by atoms with Gasteiger partial charge in [0, 0.05) is 24.5 Å². The number of anilines is 1. The van der Waals surface area contributed by atoms with Crippen LogP contribution < -0.4 is 5.32 Å². The smallest absolute Gasteiger partial charge is 0.180 e. The van der Waals surface area contributed by atoms with E-state index in [1.54, 1.807) is 6.20 Å². The molecular formula is C13H16N4. The minimum Gasteiger partial charge on any atom is -0.370 e. The molecule has 1 N–H and O–H groups in total. The number of hydrogen-bond acceptors (Lipinski definition) is 4. The molecule has 4 nitrogen and oxygen atoms in total. The minimum atomic E-state index is 0.671. The van der Waals surface area contributed by atoms with Gasteiger partial charge in [0.05, 0.1) is 0 Å². The minimum absolute atomic E-state index is 0.671. The van der Waals surface area contributed by atoms with Gasteiger partial charge in [-0.1, -0.05) is 0 Å². The third kappa shape index (κ3) is 2.78. The van der Waals surface area contributed by atoms with E-state index in [2.05, 4.69) is 20.3 Å². The van der Waals surface area contributed by atoms with Gasteiger partial charge < -0.3 is 5.32 Å². The largest absolute Gasteiger partial charge is 0.370 e. The van der Waals surface area contributed by atoms with Crippen molar-refractivity contribution in [1.29, 1.82) is 0 Å². The van der Waals surface area contributed by atoms with Crippen LogP contribution in [0.15, 0.2) is 24.4 Å². The fourth-order valence-corrected chi connectivity index (χ4v) is 1.61. The summed E-state index contributed by atoms with van der Waals surface area (Å²) in [7, 11) is 0. The molecule has 0 aromatic carbocycles. The standard InChI is InChI=1S/C13H16N4/c1-4-14-12-8-10(3)16-13(17-12)11-7-9(2)5-6-15-11/h5-8H,4H2,1-3H3,(H,14,16,17). The predicted molar refractivity (Wildman–Crippen MR) is 68.9 cm³/mol. The van der Waals surface area contributed by atoms with Crippen molar-refractivity contribution in [1.82, 2.24) is 15.0 Å². The molecule has 0 unspecified atom stereocenters. The van der Waals surface area contributed by atoms with Crippen molar-refractivity contribution < 1.29 is 0 Å². The van der Waals surface area contributed by atoms with E-state index in [0.29, 0.717) is 5.82 Å². The van der Waals surface area contributed by atoms with Crippen LogP contribution >= 0.6 is 0 Å². The van der Waals surface area contributed by atoms with E-state index in [9.17, 15) is 0 Å². The molecule has 2 aromatic heterocycles. The summed E-state index contributed by atoms with van der Waals surface area (Å²) >= 11 is 0. The van der Waals surface area contributed by atoms with Crippen LogP contribution in [0, 0.1) is 13.8 Å². The molecule has 4 heteroatoms. The number of hydrogen-bond donors (Lipinski definition) is 1. The fraction of sp³-hybridized carbons (Fsp3) is 0.308. The quantitative estimate of drug-likeness (QED) is 0.877. The number of rotatable bonds is 3. The van der Waals surface area contributed by atoms with Gasteiger partial charge in [0.25, 0.3) is 0 Å². The normalized spacial score (nSPS) is 10.3. The Morgan fingerprint density at radius 2 is 2.00 bits per heavy atom. The summed E-state index contributed by atoms with van der Waals surface area (Å²) in [6.07, 6.45) is 1.78. The highest BCUT2D eigenvalue weighted by atomic mass is 15.0. The molecule has 2 rings (SSSR count). The Morgan fingerprint density at radius 3 is 2.71 bits per heavy atom. The molecule has 0 saturated heterocycles. The van der Waals surface area contributed by atoms with Crippen molar-refractivity contribution in [3.8, 4) is 11.5 Å². The molecular weight excluding hydrogens is 212 g/mol. The van der Waals surface area contributed by atoms with Crippen LogP contribution in [0.25, 0.3) is 11.5 Å². The highest BCUT2D eigenvalue weighted by Gasteiger charge is 2.05.